The number of carbonyl (C=O) groups excluding carboxylic acids is 1. The average Bonchev–Trinajstić information content (AvgIpc) is 2.40. The molecule has 0 aliphatic heterocycles. The highest BCUT2D eigenvalue weighted by molar-refractivity contribution is 5.85. The van der Waals surface area contributed by atoms with Crippen molar-refractivity contribution in [3.63, 3.8) is 0 Å². The number of carboxylic acid groups (broad SMARTS) is 1. The molecule has 0 bridgehead atoms. The average molecular weight is 298 g/mol. The first kappa shape index (κ1) is 18.0. The highest BCUT2D eigenvalue weighted by Crippen LogP contribution is 2.44. The first-order valence-corrected chi connectivity index (χ1v) is 8.00. The fraction of sp³-hybridized carbons (Fsp3) is 0.875. The third kappa shape index (κ3) is 4.19. The van der Waals surface area contributed by atoms with E-state index in [1.807, 2.05) is 6.92 Å². The maximum absolute atomic E-state index is 12.5. The van der Waals surface area contributed by atoms with Crippen LogP contribution in [0.15, 0.2) is 0 Å². The van der Waals surface area contributed by atoms with Crippen LogP contribution in [-0.4, -0.2) is 29.1 Å². The van der Waals surface area contributed by atoms with Crippen LogP contribution >= 0.6 is 0 Å². The molecule has 1 rings (SSSR count). The summed E-state index contributed by atoms with van der Waals surface area (Å²) < 4.78 is 0. The Kier molecular flexibility index (Phi) is 6.20. The van der Waals surface area contributed by atoms with Gasteiger partial charge in [0.1, 0.15) is 6.04 Å². The first-order chi connectivity index (χ1) is 9.71. The minimum absolute atomic E-state index is 0.111. The fourth-order valence-corrected chi connectivity index (χ4v) is 3.26. The maximum Gasteiger partial charge on any atom is 0.326 e. The largest absolute Gasteiger partial charge is 0.480 e. The summed E-state index contributed by atoms with van der Waals surface area (Å²) in [6, 6.07) is -0.668. The lowest BCUT2D eigenvalue weighted by Crippen LogP contribution is -2.53. The van der Waals surface area contributed by atoms with E-state index in [0.717, 1.165) is 25.7 Å². The summed E-state index contributed by atoms with van der Waals surface area (Å²) in [6.45, 7) is 8.20. The molecule has 5 heteroatoms. The normalized spacial score (nSPS) is 29.7. The van der Waals surface area contributed by atoms with Gasteiger partial charge in [0, 0.05) is 12.0 Å². The minimum Gasteiger partial charge on any atom is -0.480 e. The molecule has 0 aromatic heterocycles. The highest BCUT2D eigenvalue weighted by Gasteiger charge is 2.45. The van der Waals surface area contributed by atoms with Crippen molar-refractivity contribution in [3.8, 4) is 0 Å². The van der Waals surface area contributed by atoms with Crippen molar-refractivity contribution in [1.29, 1.82) is 0 Å². The molecule has 1 amide bonds. The molecule has 0 aromatic carbocycles. The zero-order valence-electron chi connectivity index (χ0n) is 13.7. The van der Waals surface area contributed by atoms with Gasteiger partial charge in [-0.3, -0.25) is 4.79 Å². The van der Waals surface area contributed by atoms with Gasteiger partial charge in [0.15, 0.2) is 0 Å². The molecule has 122 valence electrons. The summed E-state index contributed by atoms with van der Waals surface area (Å²) in [4.78, 5) is 23.8. The number of carbonyl (C=O) groups is 2. The van der Waals surface area contributed by atoms with Crippen LogP contribution in [-0.2, 0) is 9.59 Å². The zero-order chi connectivity index (χ0) is 16.2. The molecular formula is C16H30N2O3. The Labute approximate surface area is 127 Å². The number of nitrogens with one attached hydrogen (secondary N) is 1. The second-order valence-electron chi connectivity index (χ2n) is 6.95. The van der Waals surface area contributed by atoms with Crippen molar-refractivity contribution in [1.82, 2.24) is 5.32 Å². The lowest BCUT2D eigenvalue weighted by Gasteiger charge is -2.46. The summed E-state index contributed by atoms with van der Waals surface area (Å²) in [7, 11) is 0. The Balaban J connectivity index is 2.75. The molecule has 0 radical (unpaired) electrons. The summed E-state index contributed by atoms with van der Waals surface area (Å²) in [5.41, 5.74) is 5.89. The number of hydrogen-bond donors (Lipinski definition) is 3. The number of unbranched alkanes of at least 4 members (excludes halogenated alkanes) is 1. The van der Waals surface area contributed by atoms with Crippen molar-refractivity contribution in [2.24, 2.45) is 23.0 Å². The smallest absolute Gasteiger partial charge is 0.326 e. The molecular weight excluding hydrogens is 268 g/mol. The maximum atomic E-state index is 12.5. The summed E-state index contributed by atoms with van der Waals surface area (Å²) in [6.07, 6.45) is 3.74. The van der Waals surface area contributed by atoms with E-state index in [-0.39, 0.29) is 29.2 Å². The van der Waals surface area contributed by atoms with Crippen molar-refractivity contribution in [3.05, 3.63) is 0 Å². The van der Waals surface area contributed by atoms with E-state index >= 15 is 0 Å². The lowest BCUT2D eigenvalue weighted by atomic mass is 9.61. The molecule has 0 spiro atoms. The van der Waals surface area contributed by atoms with Gasteiger partial charge in [-0.05, 0) is 30.6 Å². The van der Waals surface area contributed by atoms with Crippen LogP contribution in [0.4, 0.5) is 0 Å². The van der Waals surface area contributed by atoms with Crippen molar-refractivity contribution in [2.45, 2.75) is 71.9 Å². The van der Waals surface area contributed by atoms with Crippen LogP contribution in [0.2, 0.25) is 0 Å². The van der Waals surface area contributed by atoms with Gasteiger partial charge in [0.05, 0.1) is 0 Å². The molecule has 4 N–H and O–H groups in total. The first-order valence-electron chi connectivity index (χ1n) is 8.00. The van der Waals surface area contributed by atoms with Gasteiger partial charge in [-0.2, -0.15) is 0 Å². The number of amides is 1. The van der Waals surface area contributed by atoms with Crippen LogP contribution in [0.3, 0.4) is 0 Å². The van der Waals surface area contributed by atoms with Crippen LogP contribution in [0.1, 0.15) is 59.8 Å². The molecule has 4 atom stereocenters. The Morgan fingerprint density at radius 2 is 2.00 bits per heavy atom. The topological polar surface area (TPSA) is 92.4 Å². The second-order valence-corrected chi connectivity index (χ2v) is 6.95. The third-order valence-electron chi connectivity index (χ3n) is 5.28. The van der Waals surface area contributed by atoms with E-state index in [1.54, 1.807) is 0 Å². The van der Waals surface area contributed by atoms with Crippen molar-refractivity contribution in [2.75, 3.05) is 0 Å². The number of nitrogens with two attached hydrogens (primary N) is 1. The Morgan fingerprint density at radius 1 is 1.38 bits per heavy atom. The fourth-order valence-electron chi connectivity index (χ4n) is 3.26. The van der Waals surface area contributed by atoms with Crippen LogP contribution in [0, 0.1) is 17.3 Å². The summed E-state index contributed by atoms with van der Waals surface area (Å²) in [5, 5.41) is 12.0. The van der Waals surface area contributed by atoms with Gasteiger partial charge in [0.2, 0.25) is 5.91 Å². The van der Waals surface area contributed by atoms with Gasteiger partial charge in [0.25, 0.3) is 0 Å². The third-order valence-corrected chi connectivity index (χ3v) is 5.28. The molecule has 1 fully saturated rings. The molecule has 5 nitrogen and oxygen atoms in total. The molecule has 21 heavy (non-hydrogen) atoms. The van der Waals surface area contributed by atoms with Gasteiger partial charge in [-0.25, -0.2) is 4.79 Å². The molecule has 3 unspecified atom stereocenters. The van der Waals surface area contributed by atoms with Gasteiger partial charge in [-0.15, -0.1) is 0 Å². The van der Waals surface area contributed by atoms with E-state index in [2.05, 4.69) is 26.1 Å². The van der Waals surface area contributed by atoms with E-state index < -0.39 is 12.0 Å². The van der Waals surface area contributed by atoms with Gasteiger partial charge in [-0.1, -0.05) is 40.5 Å². The van der Waals surface area contributed by atoms with Crippen LogP contribution in [0.5, 0.6) is 0 Å². The predicted octanol–water partition coefficient (Wildman–Crippen LogP) is 2.15. The number of aliphatic carboxylic acids is 1. The highest BCUT2D eigenvalue weighted by atomic mass is 16.4. The standard InChI is InChI=1S/C16H30N2O3/c1-5-6-7-13(15(20)21)18-14(19)11-8-9-12(17)10(2)16(11,3)4/h10-13H,5-9,17H2,1-4H3,(H,18,19)(H,20,21)/t10?,11?,12?,13-/m0/s1. The SMILES string of the molecule is CCCC[C@H](NC(=O)C1CCC(N)C(C)C1(C)C)C(=O)O. The second kappa shape index (κ2) is 7.25. The lowest BCUT2D eigenvalue weighted by molar-refractivity contribution is -0.144. The summed E-state index contributed by atoms with van der Waals surface area (Å²) in [5.74, 6) is -1.02. The molecule has 0 heterocycles. The molecule has 1 saturated carbocycles. The van der Waals surface area contributed by atoms with Gasteiger partial charge < -0.3 is 16.2 Å². The van der Waals surface area contributed by atoms with Crippen molar-refractivity contribution < 1.29 is 14.7 Å². The monoisotopic (exact) mass is 298 g/mol. The Bertz CT molecular complexity index is 382. The van der Waals surface area contributed by atoms with E-state index in [1.165, 1.54) is 0 Å². The predicted molar refractivity (Wildman–Crippen MR) is 82.7 cm³/mol. The number of carboxylic acids is 1. The molecule has 1 aliphatic rings. The van der Waals surface area contributed by atoms with Crippen LogP contribution < -0.4 is 11.1 Å². The molecule has 0 saturated heterocycles. The molecule has 0 aromatic rings. The Hall–Kier alpha value is -1.10. The van der Waals surface area contributed by atoms with E-state index in [9.17, 15) is 14.7 Å². The number of rotatable bonds is 6. The quantitative estimate of drug-likeness (QED) is 0.700. The number of hydrogen-bond acceptors (Lipinski definition) is 3. The van der Waals surface area contributed by atoms with Gasteiger partial charge >= 0.3 is 5.97 Å². The molecule has 1 aliphatic carbocycles. The van der Waals surface area contributed by atoms with E-state index in [4.69, 9.17) is 5.73 Å². The van der Waals surface area contributed by atoms with Crippen LogP contribution in [0.25, 0.3) is 0 Å². The minimum atomic E-state index is -0.949. The summed E-state index contributed by atoms with van der Waals surface area (Å²) >= 11 is 0. The zero-order valence-corrected chi connectivity index (χ0v) is 13.7. The van der Waals surface area contributed by atoms with E-state index in [0.29, 0.717) is 6.42 Å². The van der Waals surface area contributed by atoms with Crippen molar-refractivity contribution >= 4 is 11.9 Å². The Morgan fingerprint density at radius 3 is 2.52 bits per heavy atom.